The number of amides is 1. The van der Waals surface area contributed by atoms with Gasteiger partial charge in [-0.05, 0) is 31.2 Å². The number of esters is 1. The van der Waals surface area contributed by atoms with Gasteiger partial charge in [0.15, 0.2) is 0 Å². The van der Waals surface area contributed by atoms with Crippen molar-refractivity contribution in [1.29, 1.82) is 0 Å². The summed E-state index contributed by atoms with van der Waals surface area (Å²) in [5.41, 5.74) is 2.62. The molecule has 3 rings (SSSR count). The predicted octanol–water partition coefficient (Wildman–Crippen LogP) is 2.46. The summed E-state index contributed by atoms with van der Waals surface area (Å²) in [5.74, 6) is -0.428. The largest absolute Gasteiger partial charge is 0.462 e. The van der Waals surface area contributed by atoms with Crippen LogP contribution in [0.4, 0.5) is 5.69 Å². The van der Waals surface area contributed by atoms with Crippen LogP contribution in [0.3, 0.4) is 0 Å². The van der Waals surface area contributed by atoms with Crippen molar-refractivity contribution in [2.75, 3.05) is 11.9 Å². The summed E-state index contributed by atoms with van der Waals surface area (Å²) < 4.78 is 5.00. The third-order valence-electron chi connectivity index (χ3n) is 3.74. The first-order chi connectivity index (χ1) is 13.1. The van der Waals surface area contributed by atoms with Crippen LogP contribution in [0, 0.1) is 6.92 Å². The lowest BCUT2D eigenvalue weighted by molar-refractivity contribution is -0.117. The molecule has 0 bridgehead atoms. The van der Waals surface area contributed by atoms with Gasteiger partial charge in [-0.25, -0.2) is 4.79 Å². The minimum atomic E-state index is -0.492. The van der Waals surface area contributed by atoms with E-state index in [4.69, 9.17) is 4.74 Å². The van der Waals surface area contributed by atoms with Crippen LogP contribution in [0.5, 0.6) is 0 Å². The second-order valence-electron chi connectivity index (χ2n) is 5.82. The number of rotatable bonds is 6. The second kappa shape index (κ2) is 8.22. The monoisotopic (exact) mass is 365 g/mol. The molecule has 0 aliphatic heterocycles. The fraction of sp³-hybridized carbons (Fsp3) is 0.211. The lowest BCUT2D eigenvalue weighted by Crippen LogP contribution is -2.22. The first-order valence-corrected chi connectivity index (χ1v) is 8.47. The third kappa shape index (κ3) is 4.55. The van der Waals surface area contributed by atoms with E-state index in [1.54, 1.807) is 31.2 Å². The van der Waals surface area contributed by atoms with Gasteiger partial charge < -0.3 is 10.1 Å². The molecule has 0 fully saturated rings. The van der Waals surface area contributed by atoms with E-state index in [9.17, 15) is 9.59 Å². The van der Waals surface area contributed by atoms with Gasteiger partial charge in [0.2, 0.25) is 11.7 Å². The minimum Gasteiger partial charge on any atom is -0.462 e. The number of benzene rings is 2. The van der Waals surface area contributed by atoms with Crippen LogP contribution in [0.2, 0.25) is 0 Å². The van der Waals surface area contributed by atoms with E-state index in [2.05, 4.69) is 20.7 Å². The molecule has 8 nitrogen and oxygen atoms in total. The Bertz CT molecular complexity index is 950. The molecule has 0 saturated heterocycles. The molecule has 2 aromatic carbocycles. The van der Waals surface area contributed by atoms with Crippen LogP contribution in [-0.2, 0) is 16.1 Å². The maximum atomic E-state index is 12.3. The number of tetrazole rings is 1. The summed E-state index contributed by atoms with van der Waals surface area (Å²) in [6.07, 6.45) is 0. The van der Waals surface area contributed by atoms with Crippen LogP contribution in [0.15, 0.2) is 48.5 Å². The van der Waals surface area contributed by atoms with Crippen molar-refractivity contribution in [2.45, 2.75) is 20.4 Å². The van der Waals surface area contributed by atoms with Crippen LogP contribution < -0.4 is 5.32 Å². The van der Waals surface area contributed by atoms with Gasteiger partial charge in [-0.2, -0.15) is 4.80 Å². The quantitative estimate of drug-likeness (QED) is 0.674. The van der Waals surface area contributed by atoms with E-state index in [1.807, 2.05) is 31.2 Å². The standard InChI is InChI=1S/C19H19N5O3/c1-3-27-19(26)15-6-4-5-7-16(15)20-17(25)12-24-22-18(21-23-24)14-10-8-13(2)9-11-14/h4-11H,3,12H2,1-2H3,(H,20,25). The number of nitrogens with one attached hydrogen (secondary N) is 1. The van der Waals surface area contributed by atoms with Crippen molar-refractivity contribution >= 4 is 17.6 Å². The smallest absolute Gasteiger partial charge is 0.340 e. The van der Waals surface area contributed by atoms with Crippen molar-refractivity contribution in [3.8, 4) is 11.4 Å². The number of nitrogens with zero attached hydrogens (tertiary/aromatic N) is 4. The topological polar surface area (TPSA) is 99.0 Å². The summed E-state index contributed by atoms with van der Waals surface area (Å²) in [6.45, 7) is 3.84. The molecule has 0 atom stereocenters. The molecule has 0 saturated carbocycles. The fourth-order valence-corrected chi connectivity index (χ4v) is 2.43. The van der Waals surface area contributed by atoms with Gasteiger partial charge in [-0.1, -0.05) is 42.0 Å². The SMILES string of the molecule is CCOC(=O)c1ccccc1NC(=O)Cn1nnc(-c2ccc(C)cc2)n1. The average Bonchev–Trinajstić information content (AvgIpc) is 3.11. The minimum absolute atomic E-state index is 0.129. The highest BCUT2D eigenvalue weighted by Gasteiger charge is 2.15. The Morgan fingerprint density at radius 3 is 2.59 bits per heavy atom. The van der Waals surface area contributed by atoms with Crippen molar-refractivity contribution in [3.05, 3.63) is 59.7 Å². The molecule has 27 heavy (non-hydrogen) atoms. The van der Waals surface area contributed by atoms with Gasteiger partial charge >= 0.3 is 5.97 Å². The molecule has 1 aromatic heterocycles. The number of hydrogen-bond donors (Lipinski definition) is 1. The molecule has 3 aromatic rings. The number of aryl methyl sites for hydroxylation is 1. The maximum absolute atomic E-state index is 12.3. The van der Waals surface area contributed by atoms with Crippen LogP contribution in [0.1, 0.15) is 22.8 Å². The molecule has 0 unspecified atom stereocenters. The summed E-state index contributed by atoms with van der Waals surface area (Å²) in [7, 11) is 0. The zero-order chi connectivity index (χ0) is 19.2. The number of para-hydroxylation sites is 1. The lowest BCUT2D eigenvalue weighted by atomic mass is 10.1. The number of carbonyl (C=O) groups excluding carboxylic acids is 2. The highest BCUT2D eigenvalue weighted by molar-refractivity contribution is 6.01. The Balaban J connectivity index is 1.69. The Morgan fingerprint density at radius 1 is 1.11 bits per heavy atom. The van der Waals surface area contributed by atoms with E-state index < -0.39 is 5.97 Å². The molecular weight excluding hydrogens is 346 g/mol. The molecular formula is C19H19N5O3. The summed E-state index contributed by atoms with van der Waals surface area (Å²) >= 11 is 0. The molecule has 1 heterocycles. The summed E-state index contributed by atoms with van der Waals surface area (Å²) in [5, 5.41) is 14.8. The number of ether oxygens (including phenoxy) is 1. The van der Waals surface area contributed by atoms with Crippen molar-refractivity contribution in [1.82, 2.24) is 20.2 Å². The summed E-state index contributed by atoms with van der Waals surface area (Å²) in [6, 6.07) is 14.4. The Labute approximate surface area is 156 Å². The molecule has 0 spiro atoms. The van der Waals surface area contributed by atoms with Gasteiger partial charge in [0.1, 0.15) is 6.54 Å². The average molecular weight is 365 g/mol. The molecule has 1 amide bonds. The van der Waals surface area contributed by atoms with Crippen LogP contribution in [-0.4, -0.2) is 38.7 Å². The van der Waals surface area contributed by atoms with E-state index in [-0.39, 0.29) is 19.1 Å². The second-order valence-corrected chi connectivity index (χ2v) is 5.82. The van der Waals surface area contributed by atoms with Crippen molar-refractivity contribution < 1.29 is 14.3 Å². The maximum Gasteiger partial charge on any atom is 0.340 e. The molecule has 8 heteroatoms. The zero-order valence-electron chi connectivity index (χ0n) is 15.0. The fourth-order valence-electron chi connectivity index (χ4n) is 2.43. The Kier molecular flexibility index (Phi) is 5.55. The van der Waals surface area contributed by atoms with E-state index in [0.717, 1.165) is 11.1 Å². The molecule has 138 valence electrons. The summed E-state index contributed by atoms with van der Waals surface area (Å²) in [4.78, 5) is 25.5. The van der Waals surface area contributed by atoms with Crippen LogP contribution >= 0.6 is 0 Å². The van der Waals surface area contributed by atoms with Gasteiger partial charge in [0.05, 0.1) is 17.9 Å². The lowest BCUT2D eigenvalue weighted by Gasteiger charge is -2.09. The van der Waals surface area contributed by atoms with Gasteiger partial charge in [0, 0.05) is 5.56 Å². The molecule has 0 radical (unpaired) electrons. The van der Waals surface area contributed by atoms with Crippen molar-refractivity contribution in [3.63, 3.8) is 0 Å². The van der Waals surface area contributed by atoms with E-state index in [0.29, 0.717) is 17.1 Å². The molecule has 0 aliphatic rings. The van der Waals surface area contributed by atoms with E-state index >= 15 is 0 Å². The van der Waals surface area contributed by atoms with Gasteiger partial charge in [-0.3, -0.25) is 4.79 Å². The number of aromatic nitrogens is 4. The van der Waals surface area contributed by atoms with Crippen LogP contribution in [0.25, 0.3) is 11.4 Å². The predicted molar refractivity (Wildman–Crippen MR) is 99.0 cm³/mol. The number of carbonyl (C=O) groups is 2. The highest BCUT2D eigenvalue weighted by Crippen LogP contribution is 2.17. The van der Waals surface area contributed by atoms with Crippen molar-refractivity contribution in [2.24, 2.45) is 0 Å². The Morgan fingerprint density at radius 2 is 1.85 bits per heavy atom. The van der Waals surface area contributed by atoms with E-state index in [1.165, 1.54) is 4.80 Å². The third-order valence-corrected chi connectivity index (χ3v) is 3.74. The zero-order valence-corrected chi connectivity index (χ0v) is 15.0. The van der Waals surface area contributed by atoms with Gasteiger partial charge in [0.25, 0.3) is 0 Å². The first kappa shape index (κ1) is 18.2. The normalized spacial score (nSPS) is 10.4. The molecule has 1 N–H and O–H groups in total. The number of anilines is 1. The highest BCUT2D eigenvalue weighted by atomic mass is 16.5. The Hall–Kier alpha value is -3.55. The van der Waals surface area contributed by atoms with Gasteiger partial charge in [-0.15, -0.1) is 10.2 Å². The first-order valence-electron chi connectivity index (χ1n) is 8.47. The molecule has 0 aliphatic carbocycles. The number of hydrogen-bond acceptors (Lipinski definition) is 6.